The van der Waals surface area contributed by atoms with Crippen LogP contribution in [0.15, 0.2) is 24.3 Å². The van der Waals surface area contributed by atoms with Gasteiger partial charge in [-0.05, 0) is 17.7 Å². The van der Waals surface area contributed by atoms with Crippen molar-refractivity contribution in [2.75, 3.05) is 39.8 Å². The smallest absolute Gasteiger partial charge is 0.405 e. The molecule has 10 heteroatoms. The molecule has 1 atom stereocenters. The Morgan fingerprint density at radius 1 is 1.32 bits per heavy atom. The van der Waals surface area contributed by atoms with Gasteiger partial charge in [0.1, 0.15) is 11.8 Å². The van der Waals surface area contributed by atoms with E-state index in [1.165, 1.54) is 18.1 Å². The summed E-state index contributed by atoms with van der Waals surface area (Å²) in [5.74, 6) is 0.0813. The largest absolute Gasteiger partial charge is 0.497 e. The first-order valence-electron chi connectivity index (χ1n) is 7.83. The van der Waals surface area contributed by atoms with Crippen LogP contribution in [0.5, 0.6) is 5.75 Å². The normalized spacial score (nSPS) is 18.1. The number of halogens is 3. The van der Waals surface area contributed by atoms with Crippen LogP contribution in [0.3, 0.4) is 0 Å². The summed E-state index contributed by atoms with van der Waals surface area (Å²) in [4.78, 5) is 1.25. The molecule has 0 aromatic heterocycles. The summed E-state index contributed by atoms with van der Waals surface area (Å²) in [6.45, 7) is 0.645. The van der Waals surface area contributed by atoms with Crippen molar-refractivity contribution >= 4 is 10.0 Å². The monoisotopic (exact) mass is 381 g/mol. The Balaban J connectivity index is 2.02. The first-order valence-corrected chi connectivity index (χ1v) is 9.48. The molecule has 1 saturated heterocycles. The summed E-state index contributed by atoms with van der Waals surface area (Å²) in [6, 6.07) is 4.57. The molecule has 0 amide bonds. The van der Waals surface area contributed by atoms with E-state index >= 15 is 0 Å². The predicted molar refractivity (Wildman–Crippen MR) is 87.9 cm³/mol. The van der Waals surface area contributed by atoms with Crippen LogP contribution in [0.1, 0.15) is 5.56 Å². The molecule has 1 unspecified atom stereocenters. The van der Waals surface area contributed by atoms with E-state index < -0.39 is 34.5 Å². The van der Waals surface area contributed by atoms with Crippen molar-refractivity contribution < 1.29 is 26.3 Å². The minimum atomic E-state index is -4.50. The lowest BCUT2D eigenvalue weighted by Crippen LogP contribution is -2.57. The highest BCUT2D eigenvalue weighted by Crippen LogP contribution is 2.25. The molecule has 0 saturated carbocycles. The van der Waals surface area contributed by atoms with Gasteiger partial charge in [-0.2, -0.15) is 13.2 Å². The number of sulfonamides is 1. The maximum atomic E-state index is 13.3. The lowest BCUT2D eigenvalue weighted by atomic mass is 10.2. The number of nitrogens with zero attached hydrogens (tertiary/aromatic N) is 1. The van der Waals surface area contributed by atoms with E-state index in [0.717, 1.165) is 0 Å². The van der Waals surface area contributed by atoms with Gasteiger partial charge in [-0.15, -0.1) is 0 Å². The number of piperazine rings is 1. The highest BCUT2D eigenvalue weighted by Gasteiger charge is 2.44. The van der Waals surface area contributed by atoms with E-state index in [1.54, 1.807) is 18.2 Å². The minimum Gasteiger partial charge on any atom is -0.497 e. The van der Waals surface area contributed by atoms with Crippen molar-refractivity contribution in [1.82, 2.24) is 14.9 Å². The molecule has 1 aromatic rings. The highest BCUT2D eigenvalue weighted by molar-refractivity contribution is 7.88. The molecule has 25 heavy (non-hydrogen) atoms. The van der Waals surface area contributed by atoms with E-state index in [2.05, 4.69) is 10.0 Å². The number of ether oxygens (including phenoxy) is 1. The Morgan fingerprint density at radius 2 is 2.00 bits per heavy atom. The van der Waals surface area contributed by atoms with Crippen LogP contribution < -0.4 is 14.8 Å². The maximum Gasteiger partial charge on any atom is 0.405 e. The molecule has 2 rings (SSSR count). The minimum absolute atomic E-state index is 0.224. The third-order valence-corrected chi connectivity index (χ3v) is 5.28. The van der Waals surface area contributed by atoms with Gasteiger partial charge >= 0.3 is 6.18 Å². The maximum absolute atomic E-state index is 13.3. The van der Waals surface area contributed by atoms with Gasteiger partial charge in [0.25, 0.3) is 0 Å². The van der Waals surface area contributed by atoms with Crippen molar-refractivity contribution in [3.63, 3.8) is 0 Å². The lowest BCUT2D eigenvalue weighted by molar-refractivity contribution is -0.182. The Kier molecular flexibility index (Phi) is 6.66. The number of benzene rings is 1. The molecule has 1 aliphatic heterocycles. The molecule has 0 aliphatic carbocycles. The Hall–Kier alpha value is -1.36. The third-order valence-electron chi connectivity index (χ3n) is 3.96. The van der Waals surface area contributed by atoms with Gasteiger partial charge in [-0.1, -0.05) is 12.1 Å². The van der Waals surface area contributed by atoms with E-state index in [9.17, 15) is 21.6 Å². The van der Waals surface area contributed by atoms with E-state index in [4.69, 9.17) is 4.74 Å². The zero-order chi connectivity index (χ0) is 18.5. The summed E-state index contributed by atoms with van der Waals surface area (Å²) >= 11 is 0. The summed E-state index contributed by atoms with van der Waals surface area (Å²) in [6.07, 6.45) is -4.50. The standard InChI is InChI=1S/C15H22F3N3O3S/c1-24-13-4-2-3-12(9-13)11-25(22,23)20-10-14(15(16,17)18)21-7-5-19-6-8-21/h2-4,9,14,19-20H,5-8,10-11H2,1H3. The highest BCUT2D eigenvalue weighted by atomic mass is 32.2. The van der Waals surface area contributed by atoms with Crippen LogP contribution in [0.4, 0.5) is 13.2 Å². The second-order valence-electron chi connectivity index (χ2n) is 5.80. The average Bonchev–Trinajstić information content (AvgIpc) is 2.54. The molecule has 0 spiro atoms. The fraction of sp³-hybridized carbons (Fsp3) is 0.600. The van der Waals surface area contributed by atoms with Crippen molar-refractivity contribution in [2.24, 2.45) is 0 Å². The topological polar surface area (TPSA) is 70.7 Å². The molecule has 1 fully saturated rings. The van der Waals surface area contributed by atoms with Crippen LogP contribution in [0.25, 0.3) is 0 Å². The van der Waals surface area contributed by atoms with Gasteiger partial charge in [0.05, 0.1) is 12.9 Å². The summed E-state index contributed by atoms with van der Waals surface area (Å²) < 4.78 is 71.3. The van der Waals surface area contributed by atoms with Crippen LogP contribution in [0.2, 0.25) is 0 Å². The number of hydrogen-bond donors (Lipinski definition) is 2. The number of alkyl halides is 3. The second-order valence-corrected chi connectivity index (χ2v) is 7.61. The molecule has 6 nitrogen and oxygen atoms in total. The van der Waals surface area contributed by atoms with Crippen molar-refractivity contribution in [2.45, 2.75) is 18.0 Å². The van der Waals surface area contributed by atoms with Crippen molar-refractivity contribution in [3.8, 4) is 5.75 Å². The zero-order valence-electron chi connectivity index (χ0n) is 13.8. The molecule has 1 aliphatic rings. The Bertz CT molecular complexity index is 661. The number of methoxy groups -OCH3 is 1. The van der Waals surface area contributed by atoms with Crippen molar-refractivity contribution in [3.05, 3.63) is 29.8 Å². The Morgan fingerprint density at radius 3 is 2.60 bits per heavy atom. The van der Waals surface area contributed by atoms with Crippen LogP contribution in [-0.4, -0.2) is 65.4 Å². The van der Waals surface area contributed by atoms with Gasteiger partial charge in [-0.25, -0.2) is 13.1 Å². The first-order chi connectivity index (χ1) is 11.7. The van der Waals surface area contributed by atoms with Gasteiger partial charge in [0, 0.05) is 32.7 Å². The van der Waals surface area contributed by atoms with E-state index in [1.807, 2.05) is 0 Å². The second kappa shape index (κ2) is 8.35. The van der Waals surface area contributed by atoms with Gasteiger partial charge in [0.15, 0.2) is 0 Å². The fourth-order valence-corrected chi connectivity index (χ4v) is 3.82. The number of rotatable bonds is 7. The number of hydrogen-bond acceptors (Lipinski definition) is 5. The average molecular weight is 381 g/mol. The van der Waals surface area contributed by atoms with E-state index in [0.29, 0.717) is 24.4 Å². The molecule has 142 valence electrons. The fourth-order valence-electron chi connectivity index (χ4n) is 2.68. The molecule has 0 radical (unpaired) electrons. The zero-order valence-corrected chi connectivity index (χ0v) is 14.7. The Labute approximate surface area is 145 Å². The van der Waals surface area contributed by atoms with E-state index in [-0.39, 0.29) is 13.1 Å². The molecule has 1 heterocycles. The van der Waals surface area contributed by atoms with Crippen LogP contribution >= 0.6 is 0 Å². The van der Waals surface area contributed by atoms with Gasteiger partial charge in [-0.3, -0.25) is 4.90 Å². The predicted octanol–water partition coefficient (Wildman–Crippen LogP) is 0.951. The number of nitrogens with one attached hydrogen (secondary N) is 2. The SMILES string of the molecule is COc1cccc(CS(=O)(=O)NCC(N2CCNCC2)C(F)(F)F)c1. The summed E-state index contributed by atoms with van der Waals surface area (Å²) in [5.41, 5.74) is 0.442. The molecular formula is C15H22F3N3O3S. The van der Waals surface area contributed by atoms with Gasteiger partial charge < -0.3 is 10.1 Å². The van der Waals surface area contributed by atoms with Crippen molar-refractivity contribution in [1.29, 1.82) is 0 Å². The lowest BCUT2D eigenvalue weighted by Gasteiger charge is -2.35. The molecule has 0 bridgehead atoms. The summed E-state index contributed by atoms with van der Waals surface area (Å²) in [7, 11) is -2.45. The molecular weight excluding hydrogens is 359 g/mol. The molecule has 2 N–H and O–H groups in total. The molecule has 1 aromatic carbocycles. The third kappa shape index (κ3) is 6.14. The first kappa shape index (κ1) is 20.0. The summed E-state index contributed by atoms with van der Waals surface area (Å²) in [5, 5.41) is 2.98. The van der Waals surface area contributed by atoms with Crippen LogP contribution in [-0.2, 0) is 15.8 Å². The van der Waals surface area contributed by atoms with Gasteiger partial charge in [0.2, 0.25) is 10.0 Å². The quantitative estimate of drug-likeness (QED) is 0.736. The van der Waals surface area contributed by atoms with Crippen LogP contribution in [0, 0.1) is 0 Å².